The highest BCUT2D eigenvalue weighted by Crippen LogP contribution is 2.42. The molecule has 4 nitrogen and oxygen atoms in total. The van der Waals surface area contributed by atoms with E-state index < -0.39 is 23.6 Å². The zero-order chi connectivity index (χ0) is 17.3. The minimum absolute atomic E-state index is 0.0956. The maximum Gasteiger partial charge on any atom is 0.334 e. The second-order valence-electron chi connectivity index (χ2n) is 6.22. The maximum atomic E-state index is 13.3. The Morgan fingerprint density at radius 3 is 2.79 bits per heavy atom. The number of allylic oxidation sites excluding steroid dienone is 1. The fraction of sp³-hybridized carbons (Fsp3) is 0.389. The van der Waals surface area contributed by atoms with Crippen molar-refractivity contribution in [2.75, 3.05) is 0 Å². The van der Waals surface area contributed by atoms with Gasteiger partial charge in [0.15, 0.2) is 0 Å². The van der Waals surface area contributed by atoms with Gasteiger partial charge in [-0.1, -0.05) is 30.5 Å². The molecule has 2 unspecified atom stereocenters. The molecule has 1 fully saturated rings. The number of carboxylic acids is 1. The van der Waals surface area contributed by atoms with E-state index in [9.17, 15) is 19.6 Å². The van der Waals surface area contributed by atoms with E-state index in [4.69, 9.17) is 11.6 Å². The number of nitrogens with zero attached hydrogens (tertiary/aromatic N) is 2. The van der Waals surface area contributed by atoms with Gasteiger partial charge in [0.1, 0.15) is 5.82 Å². The van der Waals surface area contributed by atoms with E-state index in [0.29, 0.717) is 23.6 Å². The first-order valence-electron chi connectivity index (χ1n) is 7.86. The lowest BCUT2D eigenvalue weighted by atomic mass is 9.78. The lowest BCUT2D eigenvalue weighted by Gasteiger charge is -2.26. The molecule has 0 saturated heterocycles. The van der Waals surface area contributed by atoms with Crippen molar-refractivity contribution < 1.29 is 14.3 Å². The third kappa shape index (κ3) is 3.34. The van der Waals surface area contributed by atoms with Crippen LogP contribution in [0.5, 0.6) is 0 Å². The third-order valence-electron chi connectivity index (χ3n) is 4.54. The summed E-state index contributed by atoms with van der Waals surface area (Å²) in [7, 11) is 0. The molecule has 24 heavy (non-hydrogen) atoms. The number of aliphatic carboxylic acids is 1. The summed E-state index contributed by atoms with van der Waals surface area (Å²) in [5, 5.41) is 19.3. The van der Waals surface area contributed by atoms with Crippen molar-refractivity contribution in [1.82, 2.24) is 0 Å². The molecule has 2 aliphatic rings. The number of carbonyl (C=O) groups is 1. The predicted octanol–water partition coefficient (Wildman–Crippen LogP) is 4.32. The van der Waals surface area contributed by atoms with Crippen molar-refractivity contribution in [3.05, 3.63) is 45.9 Å². The summed E-state index contributed by atoms with van der Waals surface area (Å²) in [6, 6.07) is 5.90. The highest BCUT2D eigenvalue weighted by Gasteiger charge is 2.36. The van der Waals surface area contributed by atoms with Gasteiger partial charge in [-0.2, -0.15) is 5.26 Å². The van der Waals surface area contributed by atoms with Gasteiger partial charge in [0.25, 0.3) is 0 Å². The first-order valence-corrected chi connectivity index (χ1v) is 8.24. The van der Waals surface area contributed by atoms with E-state index in [2.05, 4.69) is 11.1 Å². The quantitative estimate of drug-likeness (QED) is 0.863. The lowest BCUT2D eigenvalue weighted by molar-refractivity contribution is -0.133. The van der Waals surface area contributed by atoms with Crippen LogP contribution in [0.15, 0.2) is 34.5 Å². The molecule has 1 aromatic rings. The van der Waals surface area contributed by atoms with Crippen LogP contribution in [0, 0.1) is 29.0 Å². The molecule has 3 rings (SSSR count). The Labute approximate surface area is 144 Å². The lowest BCUT2D eigenvalue weighted by Crippen LogP contribution is -2.25. The van der Waals surface area contributed by atoms with Gasteiger partial charge in [0.2, 0.25) is 0 Å². The maximum absolute atomic E-state index is 13.3. The summed E-state index contributed by atoms with van der Waals surface area (Å²) >= 11 is 6.13. The Kier molecular flexibility index (Phi) is 4.68. The van der Waals surface area contributed by atoms with Gasteiger partial charge in [-0.25, -0.2) is 9.18 Å². The Bertz CT molecular complexity index is 778. The van der Waals surface area contributed by atoms with E-state index in [0.717, 1.165) is 12.5 Å². The van der Waals surface area contributed by atoms with E-state index >= 15 is 0 Å². The van der Waals surface area contributed by atoms with Crippen LogP contribution >= 0.6 is 11.6 Å². The third-order valence-corrected chi connectivity index (χ3v) is 4.86. The number of nitriles is 1. The number of benzene rings is 1. The molecular formula is C18H16ClFN2O2. The van der Waals surface area contributed by atoms with Crippen LogP contribution in [-0.2, 0) is 4.79 Å². The fourth-order valence-corrected chi connectivity index (χ4v) is 3.38. The van der Waals surface area contributed by atoms with Crippen LogP contribution in [0.4, 0.5) is 4.39 Å². The number of carboxylic acid groups (broad SMARTS) is 1. The van der Waals surface area contributed by atoms with Crippen LogP contribution in [0.1, 0.15) is 37.2 Å². The number of halogens is 2. The predicted molar refractivity (Wildman–Crippen MR) is 88.4 cm³/mol. The number of aliphatic imine (C=N–C) groups is 1. The monoisotopic (exact) mass is 346 g/mol. The minimum atomic E-state index is -1.11. The Hall–Kier alpha value is -2.19. The molecule has 0 bridgehead atoms. The summed E-state index contributed by atoms with van der Waals surface area (Å²) in [6.07, 6.45) is 5.29. The first-order chi connectivity index (χ1) is 11.5. The summed E-state index contributed by atoms with van der Waals surface area (Å²) in [5.41, 5.74) is 1.03. The average Bonchev–Trinajstić information content (AvgIpc) is 3.36. The highest BCUT2D eigenvalue weighted by molar-refractivity contribution is 6.31. The van der Waals surface area contributed by atoms with Gasteiger partial charge < -0.3 is 5.11 Å². The summed E-state index contributed by atoms with van der Waals surface area (Å²) in [5.74, 6) is -2.46. The first kappa shape index (κ1) is 16.7. The normalized spacial score (nSPS) is 23.2. The van der Waals surface area contributed by atoms with Gasteiger partial charge in [-0.15, -0.1) is 0 Å². The Balaban J connectivity index is 2.05. The van der Waals surface area contributed by atoms with Crippen LogP contribution in [0.2, 0.25) is 5.02 Å². The van der Waals surface area contributed by atoms with Crippen molar-refractivity contribution in [2.24, 2.45) is 16.8 Å². The molecule has 1 saturated carbocycles. The number of hydrogen-bond acceptors (Lipinski definition) is 3. The molecule has 0 amide bonds. The molecule has 1 aliphatic carbocycles. The van der Waals surface area contributed by atoms with Crippen LogP contribution in [0.3, 0.4) is 0 Å². The van der Waals surface area contributed by atoms with Gasteiger partial charge >= 0.3 is 5.97 Å². The zero-order valence-corrected chi connectivity index (χ0v) is 13.6. The average molecular weight is 347 g/mol. The van der Waals surface area contributed by atoms with E-state index in [1.807, 2.05) is 0 Å². The van der Waals surface area contributed by atoms with Crippen molar-refractivity contribution in [1.29, 1.82) is 5.26 Å². The van der Waals surface area contributed by atoms with Gasteiger partial charge in [-0.3, -0.25) is 4.99 Å². The van der Waals surface area contributed by atoms with Gasteiger partial charge in [0.05, 0.1) is 23.3 Å². The molecule has 0 radical (unpaired) electrons. The van der Waals surface area contributed by atoms with Crippen LogP contribution in [-0.4, -0.2) is 17.3 Å². The van der Waals surface area contributed by atoms with Crippen molar-refractivity contribution >= 4 is 23.8 Å². The van der Waals surface area contributed by atoms with Crippen molar-refractivity contribution in [3.8, 4) is 6.07 Å². The number of hydrogen-bond donors (Lipinski definition) is 1. The zero-order valence-electron chi connectivity index (χ0n) is 12.9. The Morgan fingerprint density at radius 2 is 2.21 bits per heavy atom. The second-order valence-corrected chi connectivity index (χ2v) is 6.63. The van der Waals surface area contributed by atoms with Crippen molar-refractivity contribution in [3.63, 3.8) is 0 Å². The van der Waals surface area contributed by atoms with Gasteiger partial charge in [-0.05, 0) is 36.5 Å². The van der Waals surface area contributed by atoms with E-state index in [-0.39, 0.29) is 10.6 Å². The molecular weight excluding hydrogens is 331 g/mol. The standard InChI is InChI=1S/C18H16ClFN2O2/c19-14-7-12(20)4-5-13(14)16-11(8-21)9-22-15(17(16)18(23)24)6-3-10-1-2-10/h4-5,7,9-11,16H,1-3,6H2,(H,23,24). The highest BCUT2D eigenvalue weighted by atomic mass is 35.5. The molecule has 6 heteroatoms. The molecule has 1 N–H and O–H groups in total. The molecule has 0 spiro atoms. The summed E-state index contributed by atoms with van der Waals surface area (Å²) < 4.78 is 13.3. The van der Waals surface area contributed by atoms with Crippen molar-refractivity contribution in [2.45, 2.75) is 31.6 Å². The van der Waals surface area contributed by atoms with Gasteiger partial charge in [0, 0.05) is 17.2 Å². The topological polar surface area (TPSA) is 73.5 Å². The molecule has 1 heterocycles. The van der Waals surface area contributed by atoms with Crippen LogP contribution in [0.25, 0.3) is 0 Å². The SMILES string of the molecule is N#CC1C=NC(CCC2CC2)=C(C(=O)O)C1c1ccc(F)cc1Cl. The molecule has 124 valence electrons. The summed E-state index contributed by atoms with van der Waals surface area (Å²) in [6.45, 7) is 0. The Morgan fingerprint density at radius 1 is 1.46 bits per heavy atom. The number of rotatable bonds is 5. The minimum Gasteiger partial charge on any atom is -0.478 e. The largest absolute Gasteiger partial charge is 0.478 e. The van der Waals surface area contributed by atoms with E-state index in [1.54, 1.807) is 0 Å². The van der Waals surface area contributed by atoms with E-state index in [1.165, 1.54) is 31.2 Å². The molecule has 2 atom stereocenters. The smallest absolute Gasteiger partial charge is 0.334 e. The molecule has 1 aromatic carbocycles. The second kappa shape index (κ2) is 6.74. The molecule has 0 aromatic heterocycles. The fourth-order valence-electron chi connectivity index (χ4n) is 3.10. The van der Waals surface area contributed by atoms with Crippen LogP contribution < -0.4 is 0 Å². The summed E-state index contributed by atoms with van der Waals surface area (Å²) in [4.78, 5) is 16.1. The molecule has 1 aliphatic heterocycles.